The summed E-state index contributed by atoms with van der Waals surface area (Å²) < 4.78 is 0. The SMILES string of the molecule is CC1CCN(C(=O)C(C)(C)C)C1C(=O)CSCCCS. The van der Waals surface area contributed by atoms with Crippen LogP contribution in [0.1, 0.15) is 40.5 Å². The monoisotopic (exact) mass is 317 g/mol. The fourth-order valence-corrected chi connectivity index (χ4v) is 3.76. The molecule has 0 aliphatic carbocycles. The van der Waals surface area contributed by atoms with Crippen molar-refractivity contribution in [3.63, 3.8) is 0 Å². The zero-order chi connectivity index (χ0) is 15.3. The summed E-state index contributed by atoms with van der Waals surface area (Å²) in [6.07, 6.45) is 1.95. The molecule has 1 amide bonds. The molecule has 1 fully saturated rings. The molecular formula is C15H27NO2S2. The van der Waals surface area contributed by atoms with Crippen molar-refractivity contribution >= 4 is 36.1 Å². The minimum atomic E-state index is -0.415. The predicted molar refractivity (Wildman–Crippen MR) is 89.5 cm³/mol. The van der Waals surface area contributed by atoms with Gasteiger partial charge in [-0.15, -0.1) is 0 Å². The predicted octanol–water partition coefficient (Wildman–Crippen LogP) is 2.89. The third-order valence-electron chi connectivity index (χ3n) is 3.62. The second-order valence-electron chi connectivity index (χ2n) is 6.56. The van der Waals surface area contributed by atoms with Gasteiger partial charge in [-0.1, -0.05) is 27.7 Å². The molecule has 1 aliphatic rings. The first-order valence-electron chi connectivity index (χ1n) is 7.31. The first-order valence-corrected chi connectivity index (χ1v) is 9.10. The number of likely N-dealkylation sites (tertiary alicyclic amines) is 1. The van der Waals surface area contributed by atoms with Crippen LogP contribution in [0.15, 0.2) is 0 Å². The number of thioether (sulfide) groups is 1. The van der Waals surface area contributed by atoms with Gasteiger partial charge in [0.05, 0.1) is 11.8 Å². The van der Waals surface area contributed by atoms with E-state index < -0.39 is 5.41 Å². The molecule has 0 spiro atoms. The first-order chi connectivity index (χ1) is 9.29. The Morgan fingerprint density at radius 1 is 1.35 bits per heavy atom. The lowest BCUT2D eigenvalue weighted by Gasteiger charge is -2.31. The summed E-state index contributed by atoms with van der Waals surface area (Å²) in [6.45, 7) is 8.55. The molecule has 2 atom stereocenters. The maximum Gasteiger partial charge on any atom is 0.228 e. The van der Waals surface area contributed by atoms with Crippen molar-refractivity contribution in [2.24, 2.45) is 11.3 Å². The summed E-state index contributed by atoms with van der Waals surface area (Å²) >= 11 is 5.83. The van der Waals surface area contributed by atoms with Crippen LogP contribution in [0.4, 0.5) is 0 Å². The van der Waals surface area contributed by atoms with E-state index in [1.165, 1.54) is 0 Å². The van der Waals surface area contributed by atoms with Crippen molar-refractivity contribution in [2.75, 3.05) is 23.8 Å². The van der Waals surface area contributed by atoms with Crippen LogP contribution >= 0.6 is 24.4 Å². The molecule has 0 aromatic rings. The molecule has 0 radical (unpaired) electrons. The molecule has 3 nitrogen and oxygen atoms in total. The van der Waals surface area contributed by atoms with Gasteiger partial charge in [0.15, 0.2) is 5.78 Å². The zero-order valence-electron chi connectivity index (χ0n) is 13.0. The van der Waals surface area contributed by atoms with E-state index in [9.17, 15) is 9.59 Å². The maximum atomic E-state index is 12.5. The van der Waals surface area contributed by atoms with Gasteiger partial charge in [-0.3, -0.25) is 9.59 Å². The Balaban J connectivity index is 2.64. The molecule has 0 bridgehead atoms. The lowest BCUT2D eigenvalue weighted by molar-refractivity contribution is -0.144. The van der Waals surface area contributed by atoms with Crippen molar-refractivity contribution < 1.29 is 9.59 Å². The molecule has 1 aliphatic heterocycles. The summed E-state index contributed by atoms with van der Waals surface area (Å²) in [5.74, 6) is 2.91. The number of rotatable bonds is 6. The van der Waals surface area contributed by atoms with Crippen LogP contribution < -0.4 is 0 Å². The summed E-state index contributed by atoms with van der Waals surface area (Å²) in [5.41, 5.74) is -0.415. The van der Waals surface area contributed by atoms with Gasteiger partial charge in [-0.25, -0.2) is 0 Å². The van der Waals surface area contributed by atoms with Crippen molar-refractivity contribution in [1.29, 1.82) is 0 Å². The van der Waals surface area contributed by atoms with Crippen LogP contribution in [0.2, 0.25) is 0 Å². The standard InChI is InChI=1S/C15H27NO2S2/c1-11-6-7-16(14(18)15(2,3)4)13(11)12(17)10-20-9-5-8-19/h11,13,19H,5-10H2,1-4H3. The van der Waals surface area contributed by atoms with E-state index in [0.717, 1.165) is 30.9 Å². The highest BCUT2D eigenvalue weighted by Gasteiger charge is 2.41. The fraction of sp³-hybridized carbons (Fsp3) is 0.867. The topological polar surface area (TPSA) is 37.4 Å². The number of hydrogen-bond donors (Lipinski definition) is 1. The highest BCUT2D eigenvalue weighted by molar-refractivity contribution is 7.99. The van der Waals surface area contributed by atoms with Gasteiger partial charge in [0.2, 0.25) is 5.91 Å². The summed E-state index contributed by atoms with van der Waals surface area (Å²) in [4.78, 5) is 26.7. The van der Waals surface area contributed by atoms with Gasteiger partial charge in [0.25, 0.3) is 0 Å². The van der Waals surface area contributed by atoms with Gasteiger partial charge in [0.1, 0.15) is 0 Å². The highest BCUT2D eigenvalue weighted by atomic mass is 32.2. The van der Waals surface area contributed by atoms with Crippen LogP contribution in [0, 0.1) is 11.3 Å². The van der Waals surface area contributed by atoms with Gasteiger partial charge < -0.3 is 4.90 Å². The normalized spacial score (nSPS) is 23.1. The van der Waals surface area contributed by atoms with Crippen LogP contribution in [-0.2, 0) is 9.59 Å². The van der Waals surface area contributed by atoms with Crippen molar-refractivity contribution in [1.82, 2.24) is 4.90 Å². The van der Waals surface area contributed by atoms with Gasteiger partial charge in [0, 0.05) is 12.0 Å². The number of ketones is 1. The molecule has 2 unspecified atom stereocenters. The van der Waals surface area contributed by atoms with Crippen LogP contribution in [0.25, 0.3) is 0 Å². The van der Waals surface area contributed by atoms with E-state index >= 15 is 0 Å². The molecule has 0 saturated carbocycles. The largest absolute Gasteiger partial charge is 0.332 e. The van der Waals surface area contributed by atoms with Crippen LogP contribution in [-0.4, -0.2) is 46.4 Å². The van der Waals surface area contributed by atoms with Gasteiger partial charge >= 0.3 is 0 Å². The molecule has 20 heavy (non-hydrogen) atoms. The van der Waals surface area contributed by atoms with E-state index in [1.54, 1.807) is 11.8 Å². The van der Waals surface area contributed by atoms with E-state index in [4.69, 9.17) is 0 Å². The number of amides is 1. The zero-order valence-corrected chi connectivity index (χ0v) is 14.7. The molecule has 0 aromatic heterocycles. The molecule has 5 heteroatoms. The number of thiol groups is 1. The third-order valence-corrected chi connectivity index (χ3v) is 5.01. The number of carbonyl (C=O) groups is 2. The van der Waals surface area contributed by atoms with Crippen LogP contribution in [0.3, 0.4) is 0 Å². The van der Waals surface area contributed by atoms with Crippen molar-refractivity contribution in [2.45, 2.75) is 46.6 Å². The lowest BCUT2D eigenvalue weighted by Crippen LogP contribution is -2.47. The maximum absolute atomic E-state index is 12.5. The average Bonchev–Trinajstić information content (AvgIpc) is 2.74. The van der Waals surface area contributed by atoms with E-state index in [1.807, 2.05) is 25.7 Å². The summed E-state index contributed by atoms with van der Waals surface area (Å²) in [5, 5.41) is 0. The second-order valence-corrected chi connectivity index (χ2v) is 8.11. The average molecular weight is 318 g/mol. The minimum absolute atomic E-state index is 0.0977. The number of Topliss-reactive ketones (excluding diaryl/α,β-unsaturated/α-hetero) is 1. The number of hydrogen-bond acceptors (Lipinski definition) is 4. The molecular weight excluding hydrogens is 290 g/mol. The molecule has 1 rings (SSSR count). The Bertz CT molecular complexity index is 352. The number of carbonyl (C=O) groups excluding carboxylic acids is 2. The summed E-state index contributed by atoms with van der Waals surface area (Å²) in [6, 6.07) is -0.217. The molecule has 1 saturated heterocycles. The van der Waals surface area contributed by atoms with Crippen LogP contribution in [0.5, 0.6) is 0 Å². The van der Waals surface area contributed by atoms with Crippen molar-refractivity contribution in [3.8, 4) is 0 Å². The molecule has 0 N–H and O–H groups in total. The van der Waals surface area contributed by atoms with E-state index in [-0.39, 0.29) is 23.7 Å². The quantitative estimate of drug-likeness (QED) is 0.604. The second kappa shape index (κ2) is 7.74. The van der Waals surface area contributed by atoms with E-state index in [2.05, 4.69) is 19.6 Å². The minimum Gasteiger partial charge on any atom is -0.332 e. The third kappa shape index (κ3) is 4.69. The molecule has 0 aromatic carbocycles. The Hall–Kier alpha value is -0.160. The Morgan fingerprint density at radius 3 is 2.55 bits per heavy atom. The number of nitrogens with zero attached hydrogens (tertiary/aromatic N) is 1. The van der Waals surface area contributed by atoms with Crippen molar-refractivity contribution in [3.05, 3.63) is 0 Å². The fourth-order valence-electron chi connectivity index (χ4n) is 2.52. The first kappa shape index (κ1) is 17.9. The lowest BCUT2D eigenvalue weighted by atomic mass is 9.93. The Labute approximate surface area is 132 Å². The van der Waals surface area contributed by atoms with Gasteiger partial charge in [-0.2, -0.15) is 24.4 Å². The molecule has 116 valence electrons. The summed E-state index contributed by atoms with van der Waals surface area (Å²) in [7, 11) is 0. The molecule has 1 heterocycles. The highest BCUT2D eigenvalue weighted by Crippen LogP contribution is 2.30. The van der Waals surface area contributed by atoms with Gasteiger partial charge in [-0.05, 0) is 30.3 Å². The smallest absolute Gasteiger partial charge is 0.228 e. The Morgan fingerprint density at radius 2 is 2.00 bits per heavy atom. The Kier molecular flexibility index (Phi) is 6.92. The van der Waals surface area contributed by atoms with E-state index in [0.29, 0.717) is 5.75 Å².